The number of amides is 2. The summed E-state index contributed by atoms with van der Waals surface area (Å²) in [6, 6.07) is 19.6. The second-order valence-corrected chi connectivity index (χ2v) is 12.1. The van der Waals surface area contributed by atoms with Crippen molar-refractivity contribution in [2.45, 2.75) is 64.6 Å². The van der Waals surface area contributed by atoms with Crippen molar-refractivity contribution in [1.82, 2.24) is 10.2 Å². The number of carbonyl (C=O) groups is 2. The van der Waals surface area contributed by atoms with Gasteiger partial charge in [-0.1, -0.05) is 66.6 Å². The molecule has 0 aliphatic heterocycles. The number of aryl methyl sites for hydroxylation is 2. The van der Waals surface area contributed by atoms with E-state index in [-0.39, 0.29) is 23.4 Å². The molecule has 2 amide bonds. The van der Waals surface area contributed by atoms with Crippen molar-refractivity contribution in [2.24, 2.45) is 0 Å². The molecule has 0 saturated carbocycles. The van der Waals surface area contributed by atoms with Crippen LogP contribution in [0.3, 0.4) is 0 Å². The van der Waals surface area contributed by atoms with Crippen LogP contribution in [-0.4, -0.2) is 43.8 Å². The Bertz CT molecular complexity index is 1390. The largest absolute Gasteiger partial charge is 0.352 e. The summed E-state index contributed by atoms with van der Waals surface area (Å²) in [5.41, 5.74) is 2.78. The van der Waals surface area contributed by atoms with Crippen molar-refractivity contribution in [1.29, 1.82) is 0 Å². The number of carbonyl (C=O) groups excluding carboxylic acids is 2. The summed E-state index contributed by atoms with van der Waals surface area (Å²) >= 11 is 6.05. The van der Waals surface area contributed by atoms with Crippen molar-refractivity contribution in [3.8, 4) is 0 Å². The van der Waals surface area contributed by atoms with Gasteiger partial charge in [0, 0.05) is 17.6 Å². The predicted molar refractivity (Wildman–Crippen MR) is 156 cm³/mol. The molecule has 9 heteroatoms. The van der Waals surface area contributed by atoms with Crippen molar-refractivity contribution >= 4 is 39.1 Å². The van der Waals surface area contributed by atoms with Gasteiger partial charge in [-0.3, -0.25) is 13.9 Å². The molecule has 0 aromatic heterocycles. The number of hydrogen-bond donors (Lipinski definition) is 1. The van der Waals surface area contributed by atoms with E-state index in [1.807, 2.05) is 26.8 Å². The molecule has 0 aliphatic rings. The molecular weight excluding hydrogens is 534 g/mol. The summed E-state index contributed by atoms with van der Waals surface area (Å²) in [5.74, 6) is -0.814. The standard InChI is InChI=1S/C30H36ClN3O4S/c1-6-23(4)32-30(36)24(5)33(19-25-13-15-26(31)16-14-25)29(35)20-34(28-10-8-7-9-22(28)3)39(37,38)27-17-11-21(2)12-18-27/h7-18,23-24H,6,19-20H2,1-5H3,(H,32,36)/t23-,24-/m0/s1. The molecule has 3 rings (SSSR count). The average molecular weight is 570 g/mol. The Morgan fingerprint density at radius 2 is 1.54 bits per heavy atom. The summed E-state index contributed by atoms with van der Waals surface area (Å²) in [4.78, 5) is 28.6. The zero-order valence-electron chi connectivity index (χ0n) is 23.0. The monoisotopic (exact) mass is 569 g/mol. The number of para-hydroxylation sites is 1. The minimum Gasteiger partial charge on any atom is -0.352 e. The van der Waals surface area contributed by atoms with Crippen molar-refractivity contribution in [2.75, 3.05) is 10.8 Å². The maximum absolute atomic E-state index is 14.0. The normalized spacial score (nSPS) is 12.9. The summed E-state index contributed by atoms with van der Waals surface area (Å²) in [5, 5.41) is 3.48. The van der Waals surface area contributed by atoms with E-state index in [9.17, 15) is 18.0 Å². The van der Waals surface area contributed by atoms with E-state index in [0.717, 1.165) is 21.9 Å². The van der Waals surface area contributed by atoms with Gasteiger partial charge in [0.05, 0.1) is 10.6 Å². The van der Waals surface area contributed by atoms with E-state index in [2.05, 4.69) is 5.32 Å². The predicted octanol–water partition coefficient (Wildman–Crippen LogP) is 5.48. The van der Waals surface area contributed by atoms with Crippen molar-refractivity contribution < 1.29 is 18.0 Å². The Morgan fingerprint density at radius 1 is 0.923 bits per heavy atom. The summed E-state index contributed by atoms with van der Waals surface area (Å²) in [7, 11) is -4.10. The van der Waals surface area contributed by atoms with Gasteiger partial charge in [0.15, 0.2) is 0 Å². The highest BCUT2D eigenvalue weighted by atomic mass is 35.5. The molecule has 0 fully saturated rings. The number of nitrogens with one attached hydrogen (secondary N) is 1. The third-order valence-electron chi connectivity index (χ3n) is 6.71. The van der Waals surface area contributed by atoms with E-state index < -0.39 is 28.5 Å². The van der Waals surface area contributed by atoms with Crippen LogP contribution in [0.4, 0.5) is 5.69 Å². The molecule has 0 heterocycles. The first-order valence-corrected chi connectivity index (χ1v) is 14.7. The highest BCUT2D eigenvalue weighted by Gasteiger charge is 2.33. The Hall–Kier alpha value is -3.36. The first-order chi connectivity index (χ1) is 18.4. The van der Waals surface area contributed by atoms with Crippen LogP contribution in [0.25, 0.3) is 0 Å². The molecule has 0 bridgehead atoms. The van der Waals surface area contributed by atoms with Crippen LogP contribution >= 0.6 is 11.6 Å². The van der Waals surface area contributed by atoms with Crippen LogP contribution in [0.2, 0.25) is 5.02 Å². The average Bonchev–Trinajstić information content (AvgIpc) is 2.91. The Morgan fingerprint density at radius 3 is 2.13 bits per heavy atom. The second kappa shape index (κ2) is 13.1. The number of rotatable bonds is 11. The van der Waals surface area contributed by atoms with Gasteiger partial charge in [-0.25, -0.2) is 8.42 Å². The second-order valence-electron chi connectivity index (χ2n) is 9.75. The molecule has 2 atom stereocenters. The molecule has 1 N–H and O–H groups in total. The molecule has 208 valence electrons. The number of nitrogens with zero attached hydrogens (tertiary/aromatic N) is 2. The van der Waals surface area contributed by atoms with Gasteiger partial charge in [0.2, 0.25) is 11.8 Å². The molecule has 0 saturated heterocycles. The van der Waals surface area contributed by atoms with Crippen LogP contribution in [-0.2, 0) is 26.2 Å². The zero-order chi connectivity index (χ0) is 28.7. The third-order valence-corrected chi connectivity index (χ3v) is 8.73. The molecule has 0 aliphatic carbocycles. The van der Waals surface area contributed by atoms with Gasteiger partial charge in [-0.2, -0.15) is 0 Å². The molecule has 3 aromatic carbocycles. The van der Waals surface area contributed by atoms with E-state index in [4.69, 9.17) is 11.6 Å². The van der Waals surface area contributed by atoms with Crippen molar-refractivity contribution in [3.63, 3.8) is 0 Å². The highest BCUT2D eigenvalue weighted by Crippen LogP contribution is 2.27. The summed E-state index contributed by atoms with van der Waals surface area (Å²) in [6.07, 6.45) is 0.736. The Balaban J connectivity index is 2.03. The molecule has 7 nitrogen and oxygen atoms in total. The van der Waals surface area contributed by atoms with Gasteiger partial charge >= 0.3 is 0 Å². The number of hydrogen-bond acceptors (Lipinski definition) is 4. The van der Waals surface area contributed by atoms with E-state index in [0.29, 0.717) is 16.3 Å². The fourth-order valence-corrected chi connectivity index (χ4v) is 5.63. The van der Waals surface area contributed by atoms with Crippen molar-refractivity contribution in [3.05, 3.63) is 94.5 Å². The van der Waals surface area contributed by atoms with E-state index in [1.54, 1.807) is 68.4 Å². The Kier molecular flexibility index (Phi) is 10.2. The lowest BCUT2D eigenvalue weighted by atomic mass is 10.1. The third kappa shape index (κ3) is 7.61. The van der Waals surface area contributed by atoms with Crippen LogP contribution < -0.4 is 9.62 Å². The Labute approximate surface area is 236 Å². The number of anilines is 1. The maximum atomic E-state index is 14.0. The molecule has 0 spiro atoms. The fourth-order valence-electron chi connectivity index (χ4n) is 4.03. The van der Waals surface area contributed by atoms with Gasteiger partial charge < -0.3 is 10.2 Å². The lowest BCUT2D eigenvalue weighted by molar-refractivity contribution is -0.139. The lowest BCUT2D eigenvalue weighted by Crippen LogP contribution is -2.52. The van der Waals surface area contributed by atoms with Gasteiger partial charge in [-0.05, 0) is 75.6 Å². The first-order valence-electron chi connectivity index (χ1n) is 12.9. The van der Waals surface area contributed by atoms with E-state index >= 15 is 0 Å². The smallest absolute Gasteiger partial charge is 0.264 e. The van der Waals surface area contributed by atoms with E-state index in [1.165, 1.54) is 17.0 Å². The SMILES string of the molecule is CC[C@H](C)NC(=O)[C@H](C)N(Cc1ccc(Cl)cc1)C(=O)CN(c1ccccc1C)S(=O)(=O)c1ccc(C)cc1. The summed E-state index contributed by atoms with van der Waals surface area (Å²) in [6.45, 7) is 8.81. The minimum absolute atomic E-state index is 0.0715. The van der Waals surface area contributed by atoms with Crippen LogP contribution in [0.5, 0.6) is 0 Å². The van der Waals surface area contributed by atoms with Crippen LogP contribution in [0.15, 0.2) is 77.7 Å². The molecule has 0 unspecified atom stereocenters. The molecule has 3 aromatic rings. The zero-order valence-corrected chi connectivity index (χ0v) is 24.6. The van der Waals surface area contributed by atoms with Crippen LogP contribution in [0.1, 0.15) is 43.9 Å². The number of halogens is 1. The minimum atomic E-state index is -4.10. The quantitative estimate of drug-likeness (QED) is 0.331. The van der Waals surface area contributed by atoms with Gasteiger partial charge in [0.1, 0.15) is 12.6 Å². The maximum Gasteiger partial charge on any atom is 0.264 e. The number of benzene rings is 3. The molecular formula is C30H36ClN3O4S. The van der Waals surface area contributed by atoms with Gasteiger partial charge in [0.25, 0.3) is 10.0 Å². The van der Waals surface area contributed by atoms with Crippen LogP contribution in [0, 0.1) is 13.8 Å². The first kappa shape index (κ1) is 30.2. The highest BCUT2D eigenvalue weighted by molar-refractivity contribution is 7.92. The lowest BCUT2D eigenvalue weighted by Gasteiger charge is -2.33. The molecule has 39 heavy (non-hydrogen) atoms. The summed E-state index contributed by atoms with van der Waals surface area (Å²) < 4.78 is 28.9. The van der Waals surface area contributed by atoms with Gasteiger partial charge in [-0.15, -0.1) is 0 Å². The molecule has 0 radical (unpaired) electrons. The fraction of sp³-hybridized carbons (Fsp3) is 0.333. The number of sulfonamides is 1. The topological polar surface area (TPSA) is 86.8 Å².